The summed E-state index contributed by atoms with van der Waals surface area (Å²) in [6.45, 7) is 0. The first-order valence-electron chi connectivity index (χ1n) is 5.68. The lowest BCUT2D eigenvalue weighted by atomic mass is 10.1. The summed E-state index contributed by atoms with van der Waals surface area (Å²) in [6.07, 6.45) is 2.30. The lowest BCUT2D eigenvalue weighted by molar-refractivity contribution is -0.141. The summed E-state index contributed by atoms with van der Waals surface area (Å²) < 4.78 is 0. The smallest absolute Gasteiger partial charge is 0.306 e. The van der Waals surface area contributed by atoms with Crippen LogP contribution in [-0.2, 0) is 4.79 Å². The maximum absolute atomic E-state index is 10.8. The number of nitrogens with one attached hydrogen (secondary N) is 1. The molecule has 1 unspecified atom stereocenters. The van der Waals surface area contributed by atoms with Crippen molar-refractivity contribution in [3.8, 4) is 6.07 Å². The van der Waals surface area contributed by atoms with E-state index >= 15 is 0 Å². The first-order chi connectivity index (χ1) is 8.19. The predicted octanol–water partition coefficient (Wildman–Crippen LogP) is 2.22. The highest BCUT2D eigenvalue weighted by molar-refractivity contribution is 5.70. The average Bonchev–Trinajstić information content (AvgIpc) is 2.79. The van der Waals surface area contributed by atoms with Crippen molar-refractivity contribution >= 4 is 11.7 Å². The van der Waals surface area contributed by atoms with Gasteiger partial charge in [0.1, 0.15) is 0 Å². The van der Waals surface area contributed by atoms with E-state index in [2.05, 4.69) is 11.4 Å². The van der Waals surface area contributed by atoms with Gasteiger partial charge in [0.05, 0.1) is 17.6 Å². The summed E-state index contributed by atoms with van der Waals surface area (Å²) in [5.41, 5.74) is 1.57. The Kier molecular flexibility index (Phi) is 3.29. The quantitative estimate of drug-likeness (QED) is 0.835. The number of nitrogens with zero attached hydrogens (tertiary/aromatic N) is 1. The second kappa shape index (κ2) is 4.88. The van der Waals surface area contributed by atoms with Gasteiger partial charge in [-0.2, -0.15) is 5.26 Å². The van der Waals surface area contributed by atoms with Crippen molar-refractivity contribution in [2.75, 3.05) is 5.32 Å². The van der Waals surface area contributed by atoms with E-state index in [1.807, 2.05) is 12.1 Å². The molecule has 0 radical (unpaired) electrons. The predicted molar refractivity (Wildman–Crippen MR) is 63.5 cm³/mol. The highest BCUT2D eigenvalue weighted by atomic mass is 16.4. The number of carboxylic acids is 1. The maximum Gasteiger partial charge on any atom is 0.306 e. The van der Waals surface area contributed by atoms with E-state index in [1.165, 1.54) is 0 Å². The molecule has 4 heteroatoms. The molecule has 1 aliphatic carbocycles. The van der Waals surface area contributed by atoms with Crippen molar-refractivity contribution < 1.29 is 9.90 Å². The van der Waals surface area contributed by atoms with Crippen LogP contribution in [0.4, 0.5) is 5.69 Å². The number of aliphatic carboxylic acids is 1. The van der Waals surface area contributed by atoms with Gasteiger partial charge >= 0.3 is 5.97 Å². The second-order valence-electron chi connectivity index (χ2n) is 4.38. The van der Waals surface area contributed by atoms with Crippen LogP contribution in [-0.4, -0.2) is 17.1 Å². The number of hydrogen-bond acceptors (Lipinski definition) is 3. The van der Waals surface area contributed by atoms with Gasteiger partial charge in [-0.3, -0.25) is 4.79 Å². The molecule has 1 aromatic rings. The minimum atomic E-state index is -0.700. The summed E-state index contributed by atoms with van der Waals surface area (Å²) in [5.74, 6) is -0.917. The van der Waals surface area contributed by atoms with Gasteiger partial charge in [0.25, 0.3) is 0 Å². The van der Waals surface area contributed by atoms with Crippen LogP contribution in [0.5, 0.6) is 0 Å². The van der Waals surface area contributed by atoms with Gasteiger partial charge in [0, 0.05) is 11.7 Å². The Morgan fingerprint density at radius 3 is 2.59 bits per heavy atom. The molecule has 0 saturated heterocycles. The van der Waals surface area contributed by atoms with E-state index in [9.17, 15) is 4.79 Å². The molecule has 4 nitrogen and oxygen atoms in total. The number of benzene rings is 1. The molecule has 1 fully saturated rings. The van der Waals surface area contributed by atoms with Crippen molar-refractivity contribution in [1.82, 2.24) is 0 Å². The Labute approximate surface area is 99.9 Å². The van der Waals surface area contributed by atoms with E-state index in [-0.39, 0.29) is 12.0 Å². The summed E-state index contributed by atoms with van der Waals surface area (Å²) >= 11 is 0. The van der Waals surface area contributed by atoms with Crippen LogP contribution >= 0.6 is 0 Å². The number of anilines is 1. The average molecular weight is 230 g/mol. The highest BCUT2D eigenvalue weighted by Crippen LogP contribution is 2.28. The van der Waals surface area contributed by atoms with Crippen LogP contribution in [0, 0.1) is 17.2 Å². The molecule has 2 N–H and O–H groups in total. The van der Waals surface area contributed by atoms with E-state index in [0.717, 1.165) is 18.5 Å². The Morgan fingerprint density at radius 2 is 2.06 bits per heavy atom. The zero-order chi connectivity index (χ0) is 12.3. The molecule has 2 atom stereocenters. The summed E-state index contributed by atoms with van der Waals surface area (Å²) in [6, 6.07) is 9.51. The van der Waals surface area contributed by atoms with E-state index < -0.39 is 5.97 Å². The van der Waals surface area contributed by atoms with Crippen LogP contribution in [0.15, 0.2) is 24.3 Å². The Balaban J connectivity index is 1.94. The Hall–Kier alpha value is -2.02. The van der Waals surface area contributed by atoms with Crippen molar-refractivity contribution in [2.45, 2.75) is 25.3 Å². The van der Waals surface area contributed by atoms with Gasteiger partial charge in [-0.1, -0.05) is 0 Å². The van der Waals surface area contributed by atoms with Crippen molar-refractivity contribution in [3.63, 3.8) is 0 Å². The van der Waals surface area contributed by atoms with E-state index in [1.54, 1.807) is 12.1 Å². The zero-order valence-electron chi connectivity index (χ0n) is 9.39. The third-order valence-corrected chi connectivity index (χ3v) is 3.17. The minimum Gasteiger partial charge on any atom is -0.481 e. The topological polar surface area (TPSA) is 73.1 Å². The normalized spacial score (nSPS) is 23.0. The third kappa shape index (κ3) is 2.76. The fourth-order valence-corrected chi connectivity index (χ4v) is 2.21. The number of carboxylic acid groups (broad SMARTS) is 1. The number of nitriles is 1. The standard InChI is InChI=1S/C13H14N2O2/c14-8-9-1-4-11(5-2-9)15-12-6-3-10(7-12)13(16)17/h1-2,4-5,10,12,15H,3,6-7H2,(H,16,17)/t10-,12?/m0/s1. The van der Waals surface area contributed by atoms with Gasteiger partial charge in [-0.15, -0.1) is 0 Å². The van der Waals surface area contributed by atoms with Gasteiger partial charge in [0.15, 0.2) is 0 Å². The van der Waals surface area contributed by atoms with Gasteiger partial charge in [-0.05, 0) is 43.5 Å². The largest absolute Gasteiger partial charge is 0.481 e. The fraction of sp³-hybridized carbons (Fsp3) is 0.385. The number of carbonyl (C=O) groups is 1. The monoisotopic (exact) mass is 230 g/mol. The summed E-state index contributed by atoms with van der Waals surface area (Å²) in [5, 5.41) is 20.9. The molecule has 1 aromatic carbocycles. The second-order valence-corrected chi connectivity index (χ2v) is 4.38. The number of rotatable bonds is 3. The van der Waals surface area contributed by atoms with Crippen LogP contribution in [0.25, 0.3) is 0 Å². The molecule has 0 spiro atoms. The minimum absolute atomic E-state index is 0.217. The van der Waals surface area contributed by atoms with Crippen LogP contribution in [0.3, 0.4) is 0 Å². The first kappa shape index (κ1) is 11.5. The van der Waals surface area contributed by atoms with Crippen molar-refractivity contribution in [3.05, 3.63) is 29.8 Å². The summed E-state index contributed by atoms with van der Waals surface area (Å²) in [7, 11) is 0. The Morgan fingerprint density at radius 1 is 1.35 bits per heavy atom. The maximum atomic E-state index is 10.8. The first-order valence-corrected chi connectivity index (χ1v) is 5.68. The lowest BCUT2D eigenvalue weighted by Crippen LogP contribution is -2.17. The van der Waals surface area contributed by atoms with Crippen molar-refractivity contribution in [1.29, 1.82) is 5.26 Å². The molecular weight excluding hydrogens is 216 g/mol. The van der Waals surface area contributed by atoms with Crippen molar-refractivity contribution in [2.24, 2.45) is 5.92 Å². The molecule has 2 rings (SSSR count). The van der Waals surface area contributed by atoms with Crippen LogP contribution in [0.1, 0.15) is 24.8 Å². The lowest BCUT2D eigenvalue weighted by Gasteiger charge is -2.13. The SMILES string of the molecule is N#Cc1ccc(NC2CC[C@H](C(=O)O)C2)cc1. The third-order valence-electron chi connectivity index (χ3n) is 3.17. The molecule has 0 bridgehead atoms. The molecule has 1 aliphatic rings. The number of hydrogen-bond donors (Lipinski definition) is 2. The van der Waals surface area contributed by atoms with Gasteiger partial charge in [-0.25, -0.2) is 0 Å². The van der Waals surface area contributed by atoms with E-state index in [0.29, 0.717) is 12.0 Å². The van der Waals surface area contributed by atoms with E-state index in [4.69, 9.17) is 10.4 Å². The zero-order valence-corrected chi connectivity index (χ0v) is 9.39. The Bertz CT molecular complexity index is 447. The molecule has 0 heterocycles. The summed E-state index contributed by atoms with van der Waals surface area (Å²) in [4.78, 5) is 10.8. The van der Waals surface area contributed by atoms with Gasteiger partial charge < -0.3 is 10.4 Å². The molecule has 88 valence electrons. The molecule has 0 aliphatic heterocycles. The fourth-order valence-electron chi connectivity index (χ4n) is 2.21. The molecule has 0 aromatic heterocycles. The van der Waals surface area contributed by atoms with Gasteiger partial charge in [0.2, 0.25) is 0 Å². The molecule has 17 heavy (non-hydrogen) atoms. The molecule has 0 amide bonds. The van der Waals surface area contributed by atoms with Crippen LogP contribution < -0.4 is 5.32 Å². The molecular formula is C13H14N2O2. The highest BCUT2D eigenvalue weighted by Gasteiger charge is 2.29. The molecule has 1 saturated carbocycles. The van der Waals surface area contributed by atoms with Crippen LogP contribution in [0.2, 0.25) is 0 Å².